The summed E-state index contributed by atoms with van der Waals surface area (Å²) in [6, 6.07) is 9.39. The molecule has 0 atom stereocenters. The molecule has 0 aliphatic carbocycles. The highest BCUT2D eigenvalue weighted by Gasteiger charge is 2.16. The second-order valence-corrected chi connectivity index (χ2v) is 6.92. The molecular formula is C22H26N2O4. The molecule has 0 heterocycles. The normalized spacial score (nSPS) is 10.3. The number of ether oxygens (including phenoxy) is 1. The van der Waals surface area contributed by atoms with Crippen LogP contribution >= 0.6 is 0 Å². The smallest absolute Gasteiger partial charge is 0.339 e. The van der Waals surface area contributed by atoms with Gasteiger partial charge in [-0.25, -0.2) is 4.79 Å². The fourth-order valence-electron chi connectivity index (χ4n) is 3.02. The maximum atomic E-state index is 12.3. The Bertz CT molecular complexity index is 896. The van der Waals surface area contributed by atoms with Crippen LogP contribution in [0.4, 0.5) is 5.69 Å². The van der Waals surface area contributed by atoms with Gasteiger partial charge in [-0.05, 0) is 62.9 Å². The maximum Gasteiger partial charge on any atom is 0.339 e. The van der Waals surface area contributed by atoms with Gasteiger partial charge in [-0.1, -0.05) is 29.8 Å². The van der Waals surface area contributed by atoms with Crippen LogP contribution in [0, 0.1) is 34.6 Å². The summed E-state index contributed by atoms with van der Waals surface area (Å²) in [5, 5.41) is 5.21. The Morgan fingerprint density at radius 2 is 1.54 bits per heavy atom. The van der Waals surface area contributed by atoms with E-state index in [4.69, 9.17) is 4.74 Å². The number of aryl methyl sites for hydroxylation is 4. The van der Waals surface area contributed by atoms with Crippen molar-refractivity contribution in [3.05, 3.63) is 63.7 Å². The molecule has 2 N–H and O–H groups in total. The molecule has 148 valence electrons. The summed E-state index contributed by atoms with van der Waals surface area (Å²) in [6.45, 7) is 8.83. The van der Waals surface area contributed by atoms with Crippen LogP contribution in [-0.2, 0) is 14.3 Å². The van der Waals surface area contributed by atoms with Crippen LogP contribution < -0.4 is 10.6 Å². The van der Waals surface area contributed by atoms with Gasteiger partial charge in [0.05, 0.1) is 12.1 Å². The van der Waals surface area contributed by atoms with E-state index >= 15 is 0 Å². The van der Waals surface area contributed by atoms with Crippen molar-refractivity contribution in [1.82, 2.24) is 5.32 Å². The third-order valence-corrected chi connectivity index (χ3v) is 4.54. The van der Waals surface area contributed by atoms with Crippen LogP contribution in [0.2, 0.25) is 0 Å². The summed E-state index contributed by atoms with van der Waals surface area (Å²) in [4.78, 5) is 36.2. The lowest BCUT2D eigenvalue weighted by Crippen LogP contribution is -2.35. The molecular weight excluding hydrogens is 356 g/mol. The van der Waals surface area contributed by atoms with Gasteiger partial charge in [-0.3, -0.25) is 9.59 Å². The highest BCUT2D eigenvalue weighted by molar-refractivity contribution is 5.96. The van der Waals surface area contributed by atoms with Crippen LogP contribution in [0.3, 0.4) is 0 Å². The zero-order valence-corrected chi connectivity index (χ0v) is 16.9. The molecule has 0 saturated heterocycles. The lowest BCUT2D eigenvalue weighted by molar-refractivity contribution is -0.126. The molecule has 0 unspecified atom stereocenters. The largest absolute Gasteiger partial charge is 0.452 e. The van der Waals surface area contributed by atoms with Crippen molar-refractivity contribution in [3.8, 4) is 0 Å². The van der Waals surface area contributed by atoms with E-state index in [0.29, 0.717) is 11.3 Å². The Balaban J connectivity index is 1.83. The molecule has 2 aromatic carbocycles. The lowest BCUT2D eigenvalue weighted by atomic mass is 10.00. The summed E-state index contributed by atoms with van der Waals surface area (Å²) < 4.78 is 5.09. The second kappa shape index (κ2) is 9.17. The molecule has 2 rings (SSSR count). The lowest BCUT2D eigenvalue weighted by Gasteiger charge is -2.12. The quantitative estimate of drug-likeness (QED) is 0.752. The zero-order chi connectivity index (χ0) is 20.8. The van der Waals surface area contributed by atoms with E-state index in [2.05, 4.69) is 10.6 Å². The summed E-state index contributed by atoms with van der Waals surface area (Å²) in [6.07, 6.45) is 0. The first-order chi connectivity index (χ1) is 13.2. The van der Waals surface area contributed by atoms with Gasteiger partial charge >= 0.3 is 5.97 Å². The SMILES string of the molecule is Cc1cc(C)c(C(=O)OCC(=O)NCC(=O)Nc2cccc(C)c2C)c(C)c1. The number of carbonyl (C=O) groups excluding carboxylic acids is 3. The Hall–Kier alpha value is -3.15. The van der Waals surface area contributed by atoms with Crippen LogP contribution in [-0.4, -0.2) is 30.9 Å². The van der Waals surface area contributed by atoms with Crippen molar-refractivity contribution < 1.29 is 19.1 Å². The molecule has 28 heavy (non-hydrogen) atoms. The highest BCUT2D eigenvalue weighted by Crippen LogP contribution is 2.18. The minimum Gasteiger partial charge on any atom is -0.452 e. The van der Waals surface area contributed by atoms with E-state index < -0.39 is 18.5 Å². The number of benzene rings is 2. The van der Waals surface area contributed by atoms with Crippen LogP contribution in [0.5, 0.6) is 0 Å². The van der Waals surface area contributed by atoms with E-state index in [9.17, 15) is 14.4 Å². The number of nitrogens with one attached hydrogen (secondary N) is 2. The number of hydrogen-bond acceptors (Lipinski definition) is 4. The minimum atomic E-state index is -0.551. The summed E-state index contributed by atoms with van der Waals surface area (Å²) in [5.74, 6) is -1.43. The number of hydrogen-bond donors (Lipinski definition) is 2. The van der Waals surface area contributed by atoms with Crippen molar-refractivity contribution in [3.63, 3.8) is 0 Å². The fraction of sp³-hybridized carbons (Fsp3) is 0.318. The molecule has 0 bridgehead atoms. The number of esters is 1. The standard InChI is InChI=1S/C22H26N2O4/c1-13-9-15(3)21(16(4)10-13)22(27)28-12-20(26)23-11-19(25)24-18-8-6-7-14(2)17(18)5/h6-10H,11-12H2,1-5H3,(H,23,26)(H,24,25). The van der Waals surface area contributed by atoms with Gasteiger partial charge in [-0.2, -0.15) is 0 Å². The van der Waals surface area contributed by atoms with Gasteiger partial charge in [0.1, 0.15) is 0 Å². The van der Waals surface area contributed by atoms with Gasteiger partial charge in [0.15, 0.2) is 6.61 Å². The van der Waals surface area contributed by atoms with Crippen LogP contribution in [0.15, 0.2) is 30.3 Å². The summed E-state index contributed by atoms with van der Waals surface area (Å²) in [7, 11) is 0. The molecule has 0 spiro atoms. The molecule has 6 nitrogen and oxygen atoms in total. The molecule has 0 saturated carbocycles. The predicted molar refractivity (Wildman–Crippen MR) is 108 cm³/mol. The van der Waals surface area contributed by atoms with E-state index in [0.717, 1.165) is 27.8 Å². The van der Waals surface area contributed by atoms with Crippen molar-refractivity contribution in [1.29, 1.82) is 0 Å². The molecule has 2 amide bonds. The van der Waals surface area contributed by atoms with Gasteiger partial charge < -0.3 is 15.4 Å². The minimum absolute atomic E-state index is 0.202. The zero-order valence-electron chi connectivity index (χ0n) is 16.9. The average Bonchev–Trinajstić information content (AvgIpc) is 2.61. The fourth-order valence-corrected chi connectivity index (χ4v) is 3.02. The number of anilines is 1. The summed E-state index contributed by atoms with van der Waals surface area (Å²) in [5.41, 5.74) is 5.86. The van der Waals surface area contributed by atoms with Gasteiger partial charge in [0, 0.05) is 5.69 Å². The van der Waals surface area contributed by atoms with Gasteiger partial charge in [0.2, 0.25) is 5.91 Å². The molecule has 0 radical (unpaired) electrons. The molecule has 0 aliphatic heterocycles. The van der Waals surface area contributed by atoms with Crippen molar-refractivity contribution in [2.24, 2.45) is 0 Å². The Morgan fingerprint density at radius 3 is 2.18 bits per heavy atom. The van der Waals surface area contributed by atoms with Gasteiger partial charge in [0.25, 0.3) is 5.91 Å². The molecule has 0 aliphatic rings. The first-order valence-corrected chi connectivity index (χ1v) is 9.06. The van der Waals surface area contributed by atoms with Crippen LogP contribution in [0.25, 0.3) is 0 Å². The van der Waals surface area contributed by atoms with E-state index in [1.54, 1.807) is 6.07 Å². The van der Waals surface area contributed by atoms with Crippen molar-refractivity contribution in [2.45, 2.75) is 34.6 Å². The van der Waals surface area contributed by atoms with E-state index in [1.807, 2.05) is 58.9 Å². The highest BCUT2D eigenvalue weighted by atomic mass is 16.5. The molecule has 0 aromatic heterocycles. The first kappa shape index (κ1) is 21.2. The second-order valence-electron chi connectivity index (χ2n) is 6.92. The average molecular weight is 382 g/mol. The molecule has 0 fully saturated rings. The van der Waals surface area contributed by atoms with Crippen molar-refractivity contribution >= 4 is 23.5 Å². The van der Waals surface area contributed by atoms with Gasteiger partial charge in [-0.15, -0.1) is 0 Å². The molecule has 2 aromatic rings. The Kier molecular flexibility index (Phi) is 6.93. The molecule has 6 heteroatoms. The Labute approximate surface area is 165 Å². The maximum absolute atomic E-state index is 12.3. The number of rotatable bonds is 6. The predicted octanol–water partition coefficient (Wildman–Crippen LogP) is 3.14. The number of amides is 2. The van der Waals surface area contributed by atoms with Crippen LogP contribution in [0.1, 0.15) is 38.2 Å². The monoisotopic (exact) mass is 382 g/mol. The van der Waals surface area contributed by atoms with E-state index in [1.165, 1.54) is 0 Å². The third kappa shape index (κ3) is 5.42. The van der Waals surface area contributed by atoms with E-state index in [-0.39, 0.29) is 12.5 Å². The topological polar surface area (TPSA) is 84.5 Å². The number of carbonyl (C=O) groups is 3. The first-order valence-electron chi connectivity index (χ1n) is 9.06. The third-order valence-electron chi connectivity index (χ3n) is 4.54. The Morgan fingerprint density at radius 1 is 0.893 bits per heavy atom. The summed E-state index contributed by atoms with van der Waals surface area (Å²) >= 11 is 0. The van der Waals surface area contributed by atoms with Crippen molar-refractivity contribution in [2.75, 3.05) is 18.5 Å².